The highest BCUT2D eigenvalue weighted by Gasteiger charge is 2.08. The minimum absolute atomic E-state index is 0.0712. The molecule has 0 saturated heterocycles. The molecule has 1 rings (SSSR count). The normalized spacial score (nSPS) is 13.1. The molecule has 0 aliphatic carbocycles. The van der Waals surface area contributed by atoms with E-state index in [1.54, 1.807) is 13.4 Å². The van der Waals surface area contributed by atoms with E-state index in [4.69, 9.17) is 9.47 Å². The summed E-state index contributed by atoms with van der Waals surface area (Å²) in [5.74, 6) is 0.842. The Morgan fingerprint density at radius 2 is 2.06 bits per heavy atom. The van der Waals surface area contributed by atoms with E-state index in [1.807, 2.05) is 37.3 Å². The zero-order valence-electron chi connectivity index (χ0n) is 9.19. The first-order chi connectivity index (χ1) is 7.63. The standard InChI is InChI=1S/C12H14Br2O2/c1-9(12(13)14)16-7-6-10-4-3-5-11(8-10)15-2/h3-9,12H,1-2H3. The second-order valence-corrected chi connectivity index (χ2v) is 6.46. The molecule has 0 aliphatic rings. The summed E-state index contributed by atoms with van der Waals surface area (Å²) in [4.78, 5) is 0. The van der Waals surface area contributed by atoms with Crippen molar-refractivity contribution in [2.75, 3.05) is 7.11 Å². The summed E-state index contributed by atoms with van der Waals surface area (Å²) in [5.41, 5.74) is 1.05. The molecule has 0 bridgehead atoms. The summed E-state index contributed by atoms with van der Waals surface area (Å²) in [7, 11) is 1.65. The Balaban J connectivity index is 2.55. The van der Waals surface area contributed by atoms with Gasteiger partial charge in [0.1, 0.15) is 15.6 Å². The van der Waals surface area contributed by atoms with Gasteiger partial charge in [0.05, 0.1) is 13.4 Å². The van der Waals surface area contributed by atoms with Gasteiger partial charge in [-0.15, -0.1) is 0 Å². The van der Waals surface area contributed by atoms with Gasteiger partial charge in [0, 0.05) is 0 Å². The third-order valence-corrected chi connectivity index (χ3v) is 3.49. The van der Waals surface area contributed by atoms with Gasteiger partial charge in [-0.2, -0.15) is 0 Å². The summed E-state index contributed by atoms with van der Waals surface area (Å²) in [6.07, 6.45) is 3.66. The van der Waals surface area contributed by atoms with Crippen molar-refractivity contribution in [3.05, 3.63) is 36.1 Å². The van der Waals surface area contributed by atoms with E-state index < -0.39 is 0 Å². The molecule has 0 fully saturated rings. The third-order valence-electron chi connectivity index (χ3n) is 2.00. The van der Waals surface area contributed by atoms with Gasteiger partial charge in [-0.05, 0) is 30.7 Å². The molecule has 16 heavy (non-hydrogen) atoms. The predicted octanol–water partition coefficient (Wildman–Crippen LogP) is 4.19. The first kappa shape index (κ1) is 13.6. The van der Waals surface area contributed by atoms with Crippen LogP contribution in [0, 0.1) is 0 Å². The van der Waals surface area contributed by atoms with Crippen LogP contribution in [0.3, 0.4) is 0 Å². The van der Waals surface area contributed by atoms with Gasteiger partial charge >= 0.3 is 0 Å². The fraction of sp³-hybridized carbons (Fsp3) is 0.333. The number of hydrogen-bond donors (Lipinski definition) is 0. The molecule has 0 aliphatic heterocycles. The lowest BCUT2D eigenvalue weighted by Gasteiger charge is -2.11. The van der Waals surface area contributed by atoms with Gasteiger partial charge in [-0.1, -0.05) is 44.0 Å². The van der Waals surface area contributed by atoms with Gasteiger partial charge in [-0.25, -0.2) is 0 Å². The highest BCUT2D eigenvalue weighted by atomic mass is 79.9. The molecule has 1 unspecified atom stereocenters. The average molecular weight is 350 g/mol. The van der Waals surface area contributed by atoms with Gasteiger partial charge in [0.2, 0.25) is 0 Å². The number of hydrogen-bond acceptors (Lipinski definition) is 2. The zero-order chi connectivity index (χ0) is 12.0. The third kappa shape index (κ3) is 4.58. The topological polar surface area (TPSA) is 18.5 Å². The molecule has 1 aromatic carbocycles. The highest BCUT2D eigenvalue weighted by Crippen LogP contribution is 2.17. The van der Waals surface area contributed by atoms with Crippen LogP contribution in [0.1, 0.15) is 12.5 Å². The molecule has 0 N–H and O–H groups in total. The minimum atomic E-state index is 0.0712. The lowest BCUT2D eigenvalue weighted by molar-refractivity contribution is 0.181. The molecule has 88 valence electrons. The molecule has 0 saturated carbocycles. The maximum Gasteiger partial charge on any atom is 0.119 e. The lowest BCUT2D eigenvalue weighted by Crippen LogP contribution is -2.11. The fourth-order valence-corrected chi connectivity index (χ4v) is 1.30. The number of rotatable bonds is 5. The average Bonchev–Trinajstić information content (AvgIpc) is 2.29. The van der Waals surface area contributed by atoms with Gasteiger partial charge in [0.25, 0.3) is 0 Å². The number of ether oxygens (including phenoxy) is 2. The second kappa shape index (κ2) is 6.97. The maximum atomic E-state index is 5.47. The summed E-state index contributed by atoms with van der Waals surface area (Å²) in [6.45, 7) is 1.98. The van der Waals surface area contributed by atoms with Gasteiger partial charge in [-0.3, -0.25) is 0 Å². The van der Waals surface area contributed by atoms with Crippen molar-refractivity contribution in [3.8, 4) is 5.75 Å². The monoisotopic (exact) mass is 348 g/mol. The van der Waals surface area contributed by atoms with E-state index in [-0.39, 0.29) is 9.84 Å². The molecule has 2 nitrogen and oxygen atoms in total. The first-order valence-electron chi connectivity index (χ1n) is 4.87. The quantitative estimate of drug-likeness (QED) is 0.586. The molecule has 0 aromatic heterocycles. The molecule has 0 spiro atoms. The second-order valence-electron chi connectivity index (χ2n) is 3.26. The van der Waals surface area contributed by atoms with Crippen LogP contribution < -0.4 is 4.74 Å². The minimum Gasteiger partial charge on any atom is -0.497 e. The number of benzene rings is 1. The molecule has 1 aromatic rings. The summed E-state index contributed by atoms with van der Waals surface area (Å²) < 4.78 is 10.7. The Morgan fingerprint density at radius 1 is 1.31 bits per heavy atom. The summed E-state index contributed by atoms with van der Waals surface area (Å²) in [6, 6.07) is 7.80. The number of halogens is 2. The Morgan fingerprint density at radius 3 is 2.69 bits per heavy atom. The summed E-state index contributed by atoms with van der Waals surface area (Å²) in [5, 5.41) is 0. The fourth-order valence-electron chi connectivity index (χ4n) is 1.05. The van der Waals surface area contributed by atoms with Crippen LogP contribution in [0.15, 0.2) is 30.5 Å². The molecular formula is C12H14Br2O2. The molecule has 4 heteroatoms. The van der Waals surface area contributed by atoms with E-state index in [0.29, 0.717) is 0 Å². The largest absolute Gasteiger partial charge is 0.497 e. The van der Waals surface area contributed by atoms with Gasteiger partial charge in [0.15, 0.2) is 0 Å². The highest BCUT2D eigenvalue weighted by molar-refractivity contribution is 9.24. The van der Waals surface area contributed by atoms with Crippen LogP contribution in [0.4, 0.5) is 0 Å². The Labute approximate surface area is 113 Å². The molecule has 0 heterocycles. The summed E-state index contributed by atoms with van der Waals surface area (Å²) >= 11 is 6.77. The van der Waals surface area contributed by atoms with E-state index in [0.717, 1.165) is 11.3 Å². The van der Waals surface area contributed by atoms with E-state index in [1.165, 1.54) is 0 Å². The van der Waals surface area contributed by atoms with Crippen LogP contribution in [0.5, 0.6) is 5.75 Å². The SMILES string of the molecule is COc1cccc(C=COC(C)C(Br)Br)c1. The van der Waals surface area contributed by atoms with Crippen molar-refractivity contribution < 1.29 is 9.47 Å². The van der Waals surface area contributed by atoms with Crippen molar-refractivity contribution in [2.45, 2.75) is 16.8 Å². The van der Waals surface area contributed by atoms with Crippen LogP contribution in [0.25, 0.3) is 6.08 Å². The number of alkyl halides is 2. The lowest BCUT2D eigenvalue weighted by atomic mass is 10.2. The van der Waals surface area contributed by atoms with Crippen LogP contribution in [-0.2, 0) is 4.74 Å². The maximum absolute atomic E-state index is 5.47. The molecule has 1 atom stereocenters. The van der Waals surface area contributed by atoms with Crippen molar-refractivity contribution in [1.82, 2.24) is 0 Å². The Bertz CT molecular complexity index is 351. The number of methoxy groups -OCH3 is 1. The smallest absolute Gasteiger partial charge is 0.119 e. The van der Waals surface area contributed by atoms with E-state index >= 15 is 0 Å². The molecular weight excluding hydrogens is 336 g/mol. The molecule has 0 radical (unpaired) electrons. The predicted molar refractivity (Wildman–Crippen MR) is 74.2 cm³/mol. The Hall–Kier alpha value is -0.480. The van der Waals surface area contributed by atoms with Crippen LogP contribution in [0.2, 0.25) is 0 Å². The van der Waals surface area contributed by atoms with Crippen LogP contribution >= 0.6 is 31.9 Å². The first-order valence-corrected chi connectivity index (χ1v) is 6.71. The van der Waals surface area contributed by atoms with Gasteiger partial charge < -0.3 is 9.47 Å². The van der Waals surface area contributed by atoms with E-state index in [9.17, 15) is 0 Å². The van der Waals surface area contributed by atoms with Crippen molar-refractivity contribution >= 4 is 37.9 Å². The molecule has 0 amide bonds. The Kier molecular flexibility index (Phi) is 5.91. The van der Waals surface area contributed by atoms with E-state index in [2.05, 4.69) is 31.9 Å². The zero-order valence-corrected chi connectivity index (χ0v) is 12.4. The van der Waals surface area contributed by atoms with Crippen molar-refractivity contribution in [3.63, 3.8) is 0 Å². The van der Waals surface area contributed by atoms with Crippen molar-refractivity contribution in [2.24, 2.45) is 0 Å². The van der Waals surface area contributed by atoms with Crippen molar-refractivity contribution in [1.29, 1.82) is 0 Å². The van der Waals surface area contributed by atoms with Crippen LogP contribution in [-0.4, -0.2) is 17.0 Å².